The molecule has 2 aliphatic carbocycles. The zero-order valence-corrected chi connectivity index (χ0v) is 20.4. The van der Waals surface area contributed by atoms with Gasteiger partial charge in [-0.15, -0.1) is 0 Å². The number of rotatable bonds is 7. The molecule has 1 fully saturated rings. The first kappa shape index (κ1) is 26.6. The minimum absolute atomic E-state index is 0.250. The van der Waals surface area contributed by atoms with Crippen molar-refractivity contribution in [3.05, 3.63) is 76.6 Å². The highest BCUT2D eigenvalue weighted by molar-refractivity contribution is 5.31. The van der Waals surface area contributed by atoms with Crippen molar-refractivity contribution in [2.24, 2.45) is 11.8 Å². The van der Waals surface area contributed by atoms with E-state index in [1.54, 1.807) is 0 Å². The lowest BCUT2D eigenvalue weighted by atomic mass is 9.73. The molecule has 0 aliphatic heterocycles. The summed E-state index contributed by atoms with van der Waals surface area (Å²) in [5.74, 6) is -2.52. The molecule has 2 aliphatic rings. The fourth-order valence-electron chi connectivity index (χ4n) is 5.60. The second-order valence-corrected chi connectivity index (χ2v) is 10.1. The number of hydrogen-bond donors (Lipinski definition) is 0. The number of alkyl halides is 5. The first-order valence-corrected chi connectivity index (χ1v) is 12.8. The maximum absolute atomic E-state index is 14.8. The summed E-state index contributed by atoms with van der Waals surface area (Å²) in [5.41, 5.74) is 2.55. The fraction of sp³-hybridized carbons (Fsp3) is 0.517. The molecule has 0 saturated heterocycles. The summed E-state index contributed by atoms with van der Waals surface area (Å²) in [5, 5.41) is 0. The third-order valence-corrected chi connectivity index (χ3v) is 7.66. The van der Waals surface area contributed by atoms with Gasteiger partial charge in [0.2, 0.25) is 0 Å². The molecule has 0 radical (unpaired) electrons. The third kappa shape index (κ3) is 6.27. The van der Waals surface area contributed by atoms with Crippen molar-refractivity contribution in [3.63, 3.8) is 0 Å². The average Bonchev–Trinajstić information content (AvgIpc) is 2.84. The van der Waals surface area contributed by atoms with E-state index >= 15 is 0 Å². The van der Waals surface area contributed by atoms with Crippen LogP contribution in [0.2, 0.25) is 0 Å². The Morgan fingerprint density at radius 3 is 2.11 bits per heavy atom. The fourth-order valence-corrected chi connectivity index (χ4v) is 5.60. The number of halogens is 6. The number of hydrogen-bond acceptors (Lipinski definition) is 1. The van der Waals surface area contributed by atoms with Gasteiger partial charge in [-0.2, -0.15) is 22.0 Å². The van der Waals surface area contributed by atoms with Crippen molar-refractivity contribution in [2.45, 2.75) is 82.9 Å². The molecule has 7 heteroatoms. The monoisotopic (exact) mass is 510 g/mol. The summed E-state index contributed by atoms with van der Waals surface area (Å²) >= 11 is 0. The molecule has 0 aromatic heterocycles. The largest absolute Gasteiger partial charge is 0.432 e. The average molecular weight is 511 g/mol. The highest BCUT2D eigenvalue weighted by Gasteiger charge is 2.45. The SMILES string of the molecule is CCCc1ccc(C2CC=C(C3CCC(C(F)(F)Oc4ccc(C(F)(F)F)c(F)c4)CC3)CC2)cc1. The van der Waals surface area contributed by atoms with Crippen LogP contribution in [0.1, 0.15) is 80.9 Å². The topological polar surface area (TPSA) is 9.23 Å². The second-order valence-electron chi connectivity index (χ2n) is 10.1. The maximum Gasteiger partial charge on any atom is 0.419 e. The van der Waals surface area contributed by atoms with Crippen LogP contribution in [0.25, 0.3) is 0 Å². The van der Waals surface area contributed by atoms with Crippen LogP contribution in [0.5, 0.6) is 5.75 Å². The van der Waals surface area contributed by atoms with E-state index < -0.39 is 35.3 Å². The van der Waals surface area contributed by atoms with Crippen LogP contribution in [0, 0.1) is 17.7 Å². The molecule has 1 nitrogen and oxygen atoms in total. The van der Waals surface area contributed by atoms with Crippen LogP contribution < -0.4 is 4.74 Å². The van der Waals surface area contributed by atoms with Gasteiger partial charge in [0, 0.05) is 6.07 Å². The van der Waals surface area contributed by atoms with Gasteiger partial charge in [-0.25, -0.2) is 4.39 Å². The van der Waals surface area contributed by atoms with E-state index in [0.717, 1.165) is 38.2 Å². The van der Waals surface area contributed by atoms with Crippen LogP contribution in [0.4, 0.5) is 26.3 Å². The number of ether oxygens (including phenoxy) is 1. The van der Waals surface area contributed by atoms with E-state index in [9.17, 15) is 26.3 Å². The van der Waals surface area contributed by atoms with Crippen LogP contribution in [-0.2, 0) is 12.6 Å². The molecule has 2 aromatic rings. The molecule has 0 N–H and O–H groups in total. The minimum atomic E-state index is -4.89. The summed E-state index contributed by atoms with van der Waals surface area (Å²) < 4.78 is 86.1. The zero-order chi connectivity index (χ0) is 25.9. The predicted octanol–water partition coefficient (Wildman–Crippen LogP) is 9.47. The molecule has 0 amide bonds. The van der Waals surface area contributed by atoms with Gasteiger partial charge in [0.1, 0.15) is 11.6 Å². The number of benzene rings is 2. The lowest BCUT2D eigenvalue weighted by molar-refractivity contribution is -0.223. The van der Waals surface area contributed by atoms with Gasteiger partial charge >= 0.3 is 12.3 Å². The Morgan fingerprint density at radius 2 is 1.56 bits per heavy atom. The summed E-state index contributed by atoms with van der Waals surface area (Å²) in [4.78, 5) is 0. The number of aryl methyl sites for hydroxylation is 1. The van der Waals surface area contributed by atoms with E-state index in [2.05, 4.69) is 37.3 Å². The number of allylic oxidation sites excluding steroid dienone is 2. The molecule has 0 spiro atoms. The standard InChI is InChI=1S/C29H32F6O/c1-2-3-19-4-6-20(7-5-19)21-8-10-22(11-9-21)23-12-14-24(15-13-23)29(34,35)36-25-16-17-26(27(30)18-25)28(31,32)33/h4-7,10,16-18,21,23-24H,2-3,8-9,11-15H2,1H3. The van der Waals surface area contributed by atoms with Crippen molar-refractivity contribution in [2.75, 3.05) is 0 Å². The van der Waals surface area contributed by atoms with E-state index in [1.165, 1.54) is 16.7 Å². The van der Waals surface area contributed by atoms with E-state index in [0.29, 0.717) is 30.9 Å². The first-order chi connectivity index (χ1) is 17.1. The van der Waals surface area contributed by atoms with Gasteiger partial charge in [-0.05, 0) is 86.5 Å². The quantitative estimate of drug-likeness (QED) is 0.266. The normalized spacial score (nSPS) is 23.3. The van der Waals surface area contributed by atoms with E-state index in [1.807, 2.05) is 0 Å². The van der Waals surface area contributed by atoms with Gasteiger partial charge < -0.3 is 4.74 Å². The highest BCUT2D eigenvalue weighted by atomic mass is 19.4. The maximum atomic E-state index is 14.8. The van der Waals surface area contributed by atoms with Gasteiger partial charge in [0.15, 0.2) is 0 Å². The van der Waals surface area contributed by atoms with Gasteiger partial charge in [0.25, 0.3) is 0 Å². The molecule has 0 heterocycles. The van der Waals surface area contributed by atoms with Crippen molar-refractivity contribution in [1.82, 2.24) is 0 Å². The Balaban J connectivity index is 1.30. The molecule has 36 heavy (non-hydrogen) atoms. The summed E-state index contributed by atoms with van der Waals surface area (Å²) in [6, 6.07) is 10.4. The summed E-state index contributed by atoms with van der Waals surface area (Å²) in [6.07, 6.45) is 0.753. The first-order valence-electron chi connectivity index (χ1n) is 12.8. The Hall–Kier alpha value is -2.44. The molecular formula is C29H32F6O. The predicted molar refractivity (Wildman–Crippen MR) is 128 cm³/mol. The van der Waals surface area contributed by atoms with Crippen LogP contribution in [0.15, 0.2) is 54.1 Å². The highest BCUT2D eigenvalue weighted by Crippen LogP contribution is 2.45. The van der Waals surface area contributed by atoms with Gasteiger partial charge in [0.05, 0.1) is 11.5 Å². The second kappa shape index (κ2) is 10.9. The lowest BCUT2D eigenvalue weighted by Crippen LogP contribution is -2.37. The Bertz CT molecular complexity index is 1050. The van der Waals surface area contributed by atoms with Crippen LogP contribution in [-0.4, -0.2) is 6.11 Å². The Labute approximate surface area is 208 Å². The van der Waals surface area contributed by atoms with E-state index in [-0.39, 0.29) is 18.8 Å². The third-order valence-electron chi connectivity index (χ3n) is 7.66. The molecule has 1 saturated carbocycles. The van der Waals surface area contributed by atoms with Crippen molar-refractivity contribution >= 4 is 0 Å². The molecule has 1 unspecified atom stereocenters. The van der Waals surface area contributed by atoms with Crippen molar-refractivity contribution in [1.29, 1.82) is 0 Å². The van der Waals surface area contributed by atoms with Crippen molar-refractivity contribution in [3.8, 4) is 5.75 Å². The minimum Gasteiger partial charge on any atom is -0.432 e. The molecule has 1 atom stereocenters. The van der Waals surface area contributed by atoms with Gasteiger partial charge in [-0.1, -0.05) is 49.3 Å². The van der Waals surface area contributed by atoms with Gasteiger partial charge in [-0.3, -0.25) is 0 Å². The van der Waals surface area contributed by atoms with Crippen molar-refractivity contribution < 1.29 is 31.1 Å². The van der Waals surface area contributed by atoms with Crippen LogP contribution >= 0.6 is 0 Å². The molecule has 0 bridgehead atoms. The Morgan fingerprint density at radius 1 is 0.861 bits per heavy atom. The van der Waals surface area contributed by atoms with E-state index in [4.69, 9.17) is 4.74 Å². The molecule has 2 aromatic carbocycles. The molecular weight excluding hydrogens is 478 g/mol. The zero-order valence-electron chi connectivity index (χ0n) is 20.4. The smallest absolute Gasteiger partial charge is 0.419 e. The summed E-state index contributed by atoms with van der Waals surface area (Å²) in [7, 11) is 0. The van der Waals surface area contributed by atoms with Crippen LogP contribution in [0.3, 0.4) is 0 Å². The lowest BCUT2D eigenvalue weighted by Gasteiger charge is -2.35. The molecule has 4 rings (SSSR count). The Kier molecular flexibility index (Phi) is 8.06. The molecule has 196 valence electrons. The summed E-state index contributed by atoms with van der Waals surface area (Å²) in [6.45, 7) is 2.17.